The predicted molar refractivity (Wildman–Crippen MR) is 68.9 cm³/mol. The molecule has 0 bridgehead atoms. The lowest BCUT2D eigenvalue weighted by Gasteiger charge is -2.21. The Bertz CT molecular complexity index is 425. The van der Waals surface area contributed by atoms with E-state index in [2.05, 4.69) is 25.7 Å². The topological polar surface area (TPSA) is 74.4 Å². The Balaban J connectivity index is 2.60. The van der Waals surface area contributed by atoms with Gasteiger partial charge in [0.15, 0.2) is 6.10 Å². The fraction of sp³-hybridized carbons (Fsp3) is 0.600. The van der Waals surface area contributed by atoms with Crippen molar-refractivity contribution < 1.29 is 23.0 Å². The predicted octanol–water partition coefficient (Wildman–Crippen LogP) is 2.47. The molecule has 0 aliphatic carbocycles. The molecule has 0 aromatic carbocycles. The molecule has 108 valence electrons. The smallest absolute Gasteiger partial charge is 0.332 e. The highest BCUT2D eigenvalue weighted by Gasteiger charge is 2.39. The largest absolute Gasteiger partial charge is 0.466 e. The Morgan fingerprint density at radius 3 is 2.84 bits per heavy atom. The number of hydrogen-bond donors (Lipinski definition) is 1. The van der Waals surface area contributed by atoms with Crippen LogP contribution in [0.5, 0.6) is 0 Å². The van der Waals surface area contributed by atoms with Crippen molar-refractivity contribution in [3.05, 3.63) is 15.0 Å². The molecule has 0 fully saturated rings. The fourth-order valence-electron chi connectivity index (χ4n) is 1.23. The Morgan fingerprint density at radius 1 is 1.68 bits per heavy atom. The maximum atomic E-state index is 13.2. The molecule has 1 aromatic heterocycles. The van der Waals surface area contributed by atoms with E-state index in [9.17, 15) is 13.6 Å². The summed E-state index contributed by atoms with van der Waals surface area (Å²) in [7, 11) is 0. The lowest BCUT2D eigenvalue weighted by molar-refractivity contribution is -0.154. The van der Waals surface area contributed by atoms with Crippen molar-refractivity contribution in [3.8, 4) is 0 Å². The van der Waals surface area contributed by atoms with Crippen LogP contribution in [0, 0.1) is 0 Å². The number of hydrogen-bond acceptors (Lipinski definition) is 6. The number of alkyl halides is 2. The van der Waals surface area contributed by atoms with E-state index in [0.717, 1.165) is 11.3 Å². The lowest BCUT2D eigenvalue weighted by atomic mass is 10.3. The standard InChI is InChI=1S/C10H13BrF2N2O3S/c1-2-17-7(16)3-4-18-8(10(12,13)14)9-15-6(11)5-19-9/h5,8H,2-4,14H2,1H3. The highest BCUT2D eigenvalue weighted by molar-refractivity contribution is 9.10. The van der Waals surface area contributed by atoms with E-state index in [4.69, 9.17) is 10.5 Å². The number of esters is 1. The Hall–Kier alpha value is -0.640. The van der Waals surface area contributed by atoms with Gasteiger partial charge in [0.1, 0.15) is 9.61 Å². The van der Waals surface area contributed by atoms with Gasteiger partial charge in [-0.15, -0.1) is 11.3 Å². The molecule has 0 aliphatic heterocycles. The molecule has 19 heavy (non-hydrogen) atoms. The Kier molecular flexibility index (Phi) is 6.24. The summed E-state index contributed by atoms with van der Waals surface area (Å²) in [5, 5.41) is 1.59. The monoisotopic (exact) mass is 358 g/mol. The van der Waals surface area contributed by atoms with Crippen molar-refractivity contribution in [1.82, 2.24) is 4.98 Å². The first kappa shape index (κ1) is 16.4. The molecule has 0 saturated heterocycles. The fourth-order valence-corrected chi connectivity index (χ4v) is 2.59. The molecular formula is C10H13BrF2N2O3S. The summed E-state index contributed by atoms with van der Waals surface area (Å²) in [5.74, 6) is -0.512. The summed E-state index contributed by atoms with van der Waals surface area (Å²) < 4.78 is 36.5. The van der Waals surface area contributed by atoms with Gasteiger partial charge in [-0.2, -0.15) is 8.78 Å². The van der Waals surface area contributed by atoms with Crippen molar-refractivity contribution in [2.45, 2.75) is 25.5 Å². The van der Waals surface area contributed by atoms with Crippen molar-refractivity contribution in [3.63, 3.8) is 0 Å². The van der Waals surface area contributed by atoms with Crippen LogP contribution in [0.1, 0.15) is 24.5 Å². The molecular weight excluding hydrogens is 346 g/mol. The average molecular weight is 359 g/mol. The van der Waals surface area contributed by atoms with Crippen LogP contribution in [0.15, 0.2) is 9.98 Å². The Morgan fingerprint density at radius 2 is 2.37 bits per heavy atom. The second kappa shape index (κ2) is 7.22. The normalized spacial score (nSPS) is 13.3. The number of rotatable bonds is 7. The minimum atomic E-state index is -3.58. The molecule has 0 aliphatic rings. The number of carbonyl (C=O) groups is 1. The number of thiazole rings is 1. The summed E-state index contributed by atoms with van der Waals surface area (Å²) >= 11 is 4.06. The van der Waals surface area contributed by atoms with Crippen LogP contribution in [0.25, 0.3) is 0 Å². The zero-order valence-electron chi connectivity index (χ0n) is 10.1. The number of nitrogens with zero attached hydrogens (tertiary/aromatic N) is 1. The molecule has 5 nitrogen and oxygen atoms in total. The minimum absolute atomic E-state index is 0.0447. The van der Waals surface area contributed by atoms with E-state index >= 15 is 0 Å². The number of ether oxygens (including phenoxy) is 2. The number of aromatic nitrogens is 1. The van der Waals surface area contributed by atoms with Crippen LogP contribution in [0.3, 0.4) is 0 Å². The summed E-state index contributed by atoms with van der Waals surface area (Å²) in [6, 6.07) is -3.58. The van der Waals surface area contributed by atoms with Crippen LogP contribution in [0.2, 0.25) is 0 Å². The maximum absolute atomic E-state index is 13.2. The van der Waals surface area contributed by atoms with Gasteiger partial charge in [0, 0.05) is 5.38 Å². The van der Waals surface area contributed by atoms with Gasteiger partial charge >= 0.3 is 12.0 Å². The van der Waals surface area contributed by atoms with Crippen LogP contribution in [-0.4, -0.2) is 30.2 Å². The van der Waals surface area contributed by atoms with Gasteiger partial charge in [-0.3, -0.25) is 10.5 Å². The molecule has 1 atom stereocenters. The highest BCUT2D eigenvalue weighted by Crippen LogP contribution is 2.33. The SMILES string of the molecule is CCOC(=O)CCOC(c1nc(Br)cs1)C(N)(F)F. The summed E-state index contributed by atoms with van der Waals surface area (Å²) in [4.78, 5) is 14.9. The van der Waals surface area contributed by atoms with Crippen molar-refractivity contribution >= 4 is 33.2 Å². The van der Waals surface area contributed by atoms with E-state index in [1.807, 2.05) is 0 Å². The number of halogens is 3. The molecule has 1 aromatic rings. The Labute approximate surface area is 121 Å². The molecule has 1 heterocycles. The third kappa shape index (κ3) is 5.47. The molecule has 0 saturated carbocycles. The van der Waals surface area contributed by atoms with Crippen molar-refractivity contribution in [2.24, 2.45) is 5.73 Å². The van der Waals surface area contributed by atoms with Crippen LogP contribution in [0.4, 0.5) is 8.78 Å². The van der Waals surface area contributed by atoms with E-state index in [-0.39, 0.29) is 24.6 Å². The van der Waals surface area contributed by atoms with Crippen molar-refractivity contribution in [2.75, 3.05) is 13.2 Å². The maximum Gasteiger partial charge on any atom is 0.332 e. The minimum Gasteiger partial charge on any atom is -0.466 e. The van der Waals surface area contributed by atoms with Gasteiger partial charge in [0.2, 0.25) is 0 Å². The van der Waals surface area contributed by atoms with Crippen LogP contribution < -0.4 is 5.73 Å². The van der Waals surface area contributed by atoms with E-state index in [0.29, 0.717) is 4.60 Å². The van der Waals surface area contributed by atoms with Gasteiger partial charge in [-0.1, -0.05) is 0 Å². The van der Waals surface area contributed by atoms with Gasteiger partial charge in [-0.25, -0.2) is 4.98 Å². The summed E-state index contributed by atoms with van der Waals surface area (Å²) in [6.07, 6.45) is -1.80. The quantitative estimate of drug-likeness (QED) is 0.598. The molecule has 9 heteroatoms. The summed E-state index contributed by atoms with van der Waals surface area (Å²) in [6.45, 7) is 1.67. The van der Waals surface area contributed by atoms with Gasteiger partial charge < -0.3 is 9.47 Å². The lowest BCUT2D eigenvalue weighted by Crippen LogP contribution is -2.38. The molecule has 0 amide bonds. The van der Waals surface area contributed by atoms with Crippen LogP contribution >= 0.6 is 27.3 Å². The van der Waals surface area contributed by atoms with Gasteiger partial charge in [-0.05, 0) is 22.9 Å². The first-order chi connectivity index (χ1) is 8.84. The van der Waals surface area contributed by atoms with Crippen molar-refractivity contribution in [1.29, 1.82) is 0 Å². The second-order valence-electron chi connectivity index (χ2n) is 3.49. The van der Waals surface area contributed by atoms with Gasteiger partial charge in [0.25, 0.3) is 0 Å². The number of carbonyl (C=O) groups excluding carboxylic acids is 1. The third-order valence-electron chi connectivity index (χ3n) is 1.96. The summed E-state index contributed by atoms with van der Waals surface area (Å²) in [5.41, 5.74) is 4.77. The third-order valence-corrected chi connectivity index (χ3v) is 3.56. The molecule has 1 unspecified atom stereocenters. The average Bonchev–Trinajstić information content (AvgIpc) is 2.69. The molecule has 0 spiro atoms. The molecule has 2 N–H and O–H groups in total. The molecule has 1 rings (SSSR count). The first-order valence-electron chi connectivity index (χ1n) is 5.39. The zero-order valence-corrected chi connectivity index (χ0v) is 12.5. The highest BCUT2D eigenvalue weighted by atomic mass is 79.9. The molecule has 0 radical (unpaired) electrons. The number of nitrogens with two attached hydrogens (primary N) is 1. The van der Waals surface area contributed by atoms with E-state index in [1.54, 1.807) is 12.3 Å². The second-order valence-corrected chi connectivity index (χ2v) is 5.19. The van der Waals surface area contributed by atoms with Gasteiger partial charge in [0.05, 0.1) is 19.6 Å². The van der Waals surface area contributed by atoms with E-state index in [1.165, 1.54) is 0 Å². The first-order valence-corrected chi connectivity index (χ1v) is 7.06. The van der Waals surface area contributed by atoms with Crippen LogP contribution in [-0.2, 0) is 14.3 Å². The zero-order chi connectivity index (χ0) is 14.5. The van der Waals surface area contributed by atoms with E-state index < -0.39 is 18.1 Å².